The molecule has 0 aliphatic heterocycles. The molecule has 0 aromatic rings. The Morgan fingerprint density at radius 1 is 2.00 bits per heavy atom. The normalized spacial score (nSPS) is 11.8. The summed E-state index contributed by atoms with van der Waals surface area (Å²) in [6.07, 6.45) is 0. The van der Waals surface area contributed by atoms with Crippen LogP contribution < -0.4 is 5.73 Å². The van der Waals surface area contributed by atoms with Crippen LogP contribution in [0.4, 0.5) is 0 Å². The average molecular weight is 87.0 g/mol. The molecule has 0 heterocycles. The van der Waals surface area contributed by atoms with Gasteiger partial charge in [0.15, 0.2) is 7.85 Å². The van der Waals surface area contributed by atoms with Crippen molar-refractivity contribution in [2.24, 2.45) is 5.73 Å². The second-order valence-corrected chi connectivity index (χ2v) is 1.13. The first-order valence-electron chi connectivity index (χ1n) is 1.34. The molecule has 0 aliphatic rings. The van der Waals surface area contributed by atoms with Gasteiger partial charge in [0, 0.05) is 0 Å². The fourth-order valence-electron chi connectivity index (χ4n) is 0. The van der Waals surface area contributed by atoms with Crippen LogP contribution in [0.1, 0.15) is 0 Å². The Hall–Kier alpha value is -0.0451. The van der Waals surface area contributed by atoms with E-state index in [1.54, 1.807) is 13.3 Å². The van der Waals surface area contributed by atoms with Crippen LogP contribution in [0, 0.1) is 0 Å². The molecule has 0 atom stereocenters. The minimum Gasteiger partial charge on any atom is -0.410 e. The standard InChI is InChI=1S/C2H6BNS/c3-2(4)1-5/h1,5H,3-4H2/b2-1-. The molecular weight excluding hydrogens is 80.9 g/mol. The van der Waals surface area contributed by atoms with Gasteiger partial charge >= 0.3 is 0 Å². The largest absolute Gasteiger partial charge is 0.410 e. The number of rotatable bonds is 0. The van der Waals surface area contributed by atoms with Crippen LogP contribution in [0.3, 0.4) is 0 Å². The Morgan fingerprint density at radius 3 is 2.20 bits per heavy atom. The van der Waals surface area contributed by atoms with E-state index in [0.717, 1.165) is 5.60 Å². The van der Waals surface area contributed by atoms with Gasteiger partial charge in [-0.3, -0.25) is 0 Å². The van der Waals surface area contributed by atoms with Crippen molar-refractivity contribution in [3.63, 3.8) is 0 Å². The molecule has 0 amide bonds. The van der Waals surface area contributed by atoms with Gasteiger partial charge in [-0.15, -0.1) is 0 Å². The molecule has 0 bridgehead atoms. The zero-order chi connectivity index (χ0) is 4.28. The van der Waals surface area contributed by atoms with Crippen molar-refractivity contribution in [2.75, 3.05) is 0 Å². The fourth-order valence-corrected chi connectivity index (χ4v) is 0. The number of hydrogen-bond donors (Lipinski definition) is 2. The smallest absolute Gasteiger partial charge is 0.160 e. The molecular formula is C2H6BNS. The van der Waals surface area contributed by atoms with E-state index in [9.17, 15) is 0 Å². The van der Waals surface area contributed by atoms with Gasteiger partial charge < -0.3 is 5.73 Å². The van der Waals surface area contributed by atoms with Gasteiger partial charge in [0.25, 0.3) is 0 Å². The Bertz CT molecular complexity index is 47.6. The number of thiol groups is 1. The minimum absolute atomic E-state index is 0.744. The van der Waals surface area contributed by atoms with E-state index in [0.29, 0.717) is 0 Å². The maximum Gasteiger partial charge on any atom is 0.160 e. The molecule has 0 saturated carbocycles. The number of nitrogens with two attached hydrogens (primary N) is 1. The molecule has 1 nitrogen and oxygen atoms in total. The van der Waals surface area contributed by atoms with Gasteiger partial charge in [0.2, 0.25) is 0 Å². The quantitative estimate of drug-likeness (QED) is 0.296. The number of hydrogen-bond acceptors (Lipinski definition) is 2. The van der Waals surface area contributed by atoms with E-state index in [1.165, 1.54) is 0 Å². The van der Waals surface area contributed by atoms with Gasteiger partial charge in [-0.25, -0.2) is 0 Å². The van der Waals surface area contributed by atoms with Crippen molar-refractivity contribution in [2.45, 2.75) is 0 Å². The van der Waals surface area contributed by atoms with Gasteiger partial charge in [-0.2, -0.15) is 12.6 Å². The molecule has 0 spiro atoms. The molecule has 0 unspecified atom stereocenters. The van der Waals surface area contributed by atoms with Crippen LogP contribution in [0.25, 0.3) is 0 Å². The molecule has 0 aromatic heterocycles. The second-order valence-electron chi connectivity index (χ2n) is 0.873. The highest BCUT2D eigenvalue weighted by Gasteiger charge is 1.62. The summed E-state index contributed by atoms with van der Waals surface area (Å²) >= 11 is 3.73. The molecule has 2 N–H and O–H groups in total. The monoisotopic (exact) mass is 87.0 g/mol. The Labute approximate surface area is 38.1 Å². The van der Waals surface area contributed by atoms with E-state index >= 15 is 0 Å². The van der Waals surface area contributed by atoms with Crippen molar-refractivity contribution in [3.8, 4) is 0 Å². The average Bonchev–Trinajstić information content (AvgIpc) is 1.38. The predicted molar refractivity (Wildman–Crippen MR) is 29.8 cm³/mol. The highest BCUT2D eigenvalue weighted by atomic mass is 32.1. The van der Waals surface area contributed by atoms with Crippen LogP contribution in [0.2, 0.25) is 0 Å². The van der Waals surface area contributed by atoms with Crippen molar-refractivity contribution >= 4 is 20.5 Å². The van der Waals surface area contributed by atoms with Gasteiger partial charge in [-0.1, -0.05) is 0 Å². The highest BCUT2D eigenvalue weighted by Crippen LogP contribution is 1.74. The Morgan fingerprint density at radius 2 is 2.20 bits per heavy atom. The maximum absolute atomic E-state index is 5.08. The maximum atomic E-state index is 5.08. The summed E-state index contributed by atoms with van der Waals surface area (Å²) < 4.78 is 0. The third kappa shape index (κ3) is 3.95. The van der Waals surface area contributed by atoms with Gasteiger partial charge in [-0.05, 0) is 11.0 Å². The first-order valence-corrected chi connectivity index (χ1v) is 1.85. The molecule has 5 heavy (non-hydrogen) atoms. The molecule has 0 radical (unpaired) electrons. The molecule has 0 rings (SSSR count). The van der Waals surface area contributed by atoms with Gasteiger partial charge in [0.05, 0.1) is 0 Å². The molecule has 0 aromatic carbocycles. The lowest BCUT2D eigenvalue weighted by atomic mass is 10.1. The SMILES string of the molecule is B/C(N)=C/S. The van der Waals surface area contributed by atoms with Crippen LogP contribution >= 0.6 is 12.6 Å². The van der Waals surface area contributed by atoms with Crippen LogP contribution in [0.5, 0.6) is 0 Å². The molecule has 0 aliphatic carbocycles. The van der Waals surface area contributed by atoms with Crippen molar-refractivity contribution in [1.82, 2.24) is 0 Å². The zero-order valence-electron chi connectivity index (χ0n) is 3.10. The lowest BCUT2D eigenvalue weighted by Crippen LogP contribution is -1.91. The second kappa shape index (κ2) is 2.21. The summed E-state index contributed by atoms with van der Waals surface area (Å²) in [5.41, 5.74) is 5.82. The lowest BCUT2D eigenvalue weighted by Gasteiger charge is -1.75. The summed E-state index contributed by atoms with van der Waals surface area (Å²) in [4.78, 5) is 0. The van der Waals surface area contributed by atoms with E-state index in [2.05, 4.69) is 12.6 Å². The third-order valence-corrected chi connectivity index (χ3v) is 0.611. The van der Waals surface area contributed by atoms with E-state index in [1.807, 2.05) is 0 Å². The molecule has 0 saturated heterocycles. The summed E-state index contributed by atoms with van der Waals surface area (Å²) in [6.45, 7) is 0. The van der Waals surface area contributed by atoms with Crippen LogP contribution in [0.15, 0.2) is 11.0 Å². The first-order chi connectivity index (χ1) is 2.27. The van der Waals surface area contributed by atoms with Crippen LogP contribution in [-0.4, -0.2) is 7.85 Å². The van der Waals surface area contributed by atoms with E-state index < -0.39 is 0 Å². The fraction of sp³-hybridized carbons (Fsp3) is 0. The summed E-state index contributed by atoms with van der Waals surface area (Å²) in [6, 6.07) is 0. The summed E-state index contributed by atoms with van der Waals surface area (Å²) in [7, 11) is 1.78. The molecule has 3 heteroatoms. The highest BCUT2D eigenvalue weighted by molar-refractivity contribution is 7.83. The summed E-state index contributed by atoms with van der Waals surface area (Å²) in [5, 5.41) is 1.56. The van der Waals surface area contributed by atoms with E-state index in [-0.39, 0.29) is 0 Å². The summed E-state index contributed by atoms with van der Waals surface area (Å²) in [5.74, 6) is 0. The van der Waals surface area contributed by atoms with Crippen molar-refractivity contribution < 1.29 is 0 Å². The van der Waals surface area contributed by atoms with Crippen molar-refractivity contribution in [3.05, 3.63) is 11.0 Å². The third-order valence-electron chi connectivity index (χ3n) is 0.204. The Kier molecular flexibility index (Phi) is 2.19. The molecule has 28 valence electrons. The Balaban J connectivity index is 3.14. The topological polar surface area (TPSA) is 26.0 Å². The van der Waals surface area contributed by atoms with Crippen LogP contribution in [-0.2, 0) is 0 Å². The van der Waals surface area contributed by atoms with Crippen molar-refractivity contribution in [1.29, 1.82) is 0 Å². The minimum atomic E-state index is 0.744. The predicted octanol–water partition coefficient (Wildman–Crippen LogP) is -0.693. The molecule has 0 fully saturated rings. The zero-order valence-corrected chi connectivity index (χ0v) is 4.00. The first kappa shape index (κ1) is 4.95. The lowest BCUT2D eigenvalue weighted by molar-refractivity contribution is 1.56. The van der Waals surface area contributed by atoms with E-state index in [4.69, 9.17) is 5.73 Å². The van der Waals surface area contributed by atoms with Gasteiger partial charge in [0.1, 0.15) is 0 Å².